The number of para-hydroxylation sites is 2. The van der Waals surface area contributed by atoms with Gasteiger partial charge >= 0.3 is 0 Å². The molecule has 0 saturated carbocycles. The number of rotatable bonds is 5. The Balaban J connectivity index is 1.25. The molecule has 1 aromatic heterocycles. The molecule has 7 nitrogen and oxygen atoms in total. The van der Waals surface area contributed by atoms with Crippen molar-refractivity contribution in [1.82, 2.24) is 15.6 Å². The third-order valence-corrected chi connectivity index (χ3v) is 4.99. The van der Waals surface area contributed by atoms with Crippen molar-refractivity contribution in [3.8, 4) is 11.5 Å². The quantitative estimate of drug-likeness (QED) is 0.822. The van der Waals surface area contributed by atoms with Crippen LogP contribution in [0.4, 0.5) is 5.82 Å². The number of nitrogens with zero attached hydrogens (tertiary/aromatic N) is 2. The first-order valence-corrected chi connectivity index (χ1v) is 9.88. The standard InChI is InChI=1S/C21H26N4O3/c26-21(16-6-7-20(24-14-16)25-12-3-9-22-11-13-25)23-10-8-17-15-27-18-4-1-2-5-19(18)28-17/h1-2,4-7,14,17,22H,3,8-13,15H2,(H,23,26)/t17-/m0/s1. The van der Waals surface area contributed by atoms with Crippen molar-refractivity contribution in [2.45, 2.75) is 18.9 Å². The molecular weight excluding hydrogens is 356 g/mol. The third kappa shape index (κ3) is 4.54. The van der Waals surface area contributed by atoms with Gasteiger partial charge in [0.1, 0.15) is 18.5 Å². The number of hydrogen-bond acceptors (Lipinski definition) is 6. The molecule has 2 N–H and O–H groups in total. The summed E-state index contributed by atoms with van der Waals surface area (Å²) in [4.78, 5) is 19.1. The number of nitrogens with one attached hydrogen (secondary N) is 2. The molecule has 1 fully saturated rings. The van der Waals surface area contributed by atoms with Crippen molar-refractivity contribution < 1.29 is 14.3 Å². The number of carbonyl (C=O) groups is 1. The lowest BCUT2D eigenvalue weighted by molar-refractivity contribution is 0.0812. The van der Waals surface area contributed by atoms with Crippen molar-refractivity contribution >= 4 is 11.7 Å². The first kappa shape index (κ1) is 18.6. The van der Waals surface area contributed by atoms with E-state index in [0.29, 0.717) is 25.1 Å². The molecule has 148 valence electrons. The second kappa shape index (κ2) is 8.93. The van der Waals surface area contributed by atoms with Crippen LogP contribution in [0, 0.1) is 0 Å². The molecule has 2 aromatic rings. The fourth-order valence-electron chi connectivity index (χ4n) is 3.44. The van der Waals surface area contributed by atoms with Crippen LogP contribution in [0.2, 0.25) is 0 Å². The average molecular weight is 382 g/mol. The summed E-state index contributed by atoms with van der Waals surface area (Å²) in [6, 6.07) is 11.4. The first-order chi connectivity index (χ1) is 13.8. The molecule has 7 heteroatoms. The lowest BCUT2D eigenvalue weighted by Crippen LogP contribution is -2.34. The maximum atomic E-state index is 12.4. The Kier molecular flexibility index (Phi) is 5.92. The van der Waals surface area contributed by atoms with Crippen LogP contribution < -0.4 is 25.0 Å². The molecule has 3 heterocycles. The van der Waals surface area contributed by atoms with Gasteiger partial charge in [0, 0.05) is 38.8 Å². The van der Waals surface area contributed by atoms with Gasteiger partial charge in [0.2, 0.25) is 0 Å². The largest absolute Gasteiger partial charge is 0.486 e. The zero-order valence-corrected chi connectivity index (χ0v) is 15.9. The molecule has 2 aliphatic rings. The number of ether oxygens (including phenoxy) is 2. The molecular formula is C21H26N4O3. The number of anilines is 1. The van der Waals surface area contributed by atoms with E-state index in [-0.39, 0.29) is 12.0 Å². The van der Waals surface area contributed by atoms with Gasteiger partial charge in [0.15, 0.2) is 11.5 Å². The highest BCUT2D eigenvalue weighted by Crippen LogP contribution is 2.31. The number of aromatic nitrogens is 1. The molecule has 4 rings (SSSR count). The van der Waals surface area contributed by atoms with Crippen molar-refractivity contribution in [3.63, 3.8) is 0 Å². The second-order valence-corrected chi connectivity index (χ2v) is 7.04. The van der Waals surface area contributed by atoms with E-state index in [1.165, 1.54) is 0 Å². The van der Waals surface area contributed by atoms with Gasteiger partial charge in [0.05, 0.1) is 5.56 Å². The Bertz CT molecular complexity index is 788. The number of benzene rings is 1. The predicted octanol–water partition coefficient (Wildman–Crippen LogP) is 1.84. The number of fused-ring (bicyclic) bond motifs is 1. The molecule has 0 radical (unpaired) electrons. The zero-order chi connectivity index (χ0) is 19.2. The Morgan fingerprint density at radius 2 is 2.07 bits per heavy atom. The van der Waals surface area contributed by atoms with Crippen LogP contribution >= 0.6 is 0 Å². The van der Waals surface area contributed by atoms with Crippen LogP contribution in [-0.4, -0.2) is 56.3 Å². The van der Waals surface area contributed by atoms with Gasteiger partial charge in [-0.1, -0.05) is 12.1 Å². The third-order valence-electron chi connectivity index (χ3n) is 4.99. The highest BCUT2D eigenvalue weighted by atomic mass is 16.6. The molecule has 1 atom stereocenters. The first-order valence-electron chi connectivity index (χ1n) is 9.88. The maximum absolute atomic E-state index is 12.4. The Hall–Kier alpha value is -2.80. The van der Waals surface area contributed by atoms with Crippen LogP contribution in [0.25, 0.3) is 0 Å². The minimum Gasteiger partial charge on any atom is -0.486 e. The van der Waals surface area contributed by atoms with E-state index < -0.39 is 0 Å². The monoisotopic (exact) mass is 382 g/mol. The van der Waals surface area contributed by atoms with Crippen molar-refractivity contribution in [2.24, 2.45) is 0 Å². The average Bonchev–Trinajstić information content (AvgIpc) is 3.03. The SMILES string of the molecule is O=C(NCC[C@H]1COc2ccccc2O1)c1ccc(N2CCCNCC2)nc1. The maximum Gasteiger partial charge on any atom is 0.252 e. The van der Waals surface area contributed by atoms with Crippen molar-refractivity contribution in [1.29, 1.82) is 0 Å². The lowest BCUT2D eigenvalue weighted by Gasteiger charge is -2.26. The number of amides is 1. The van der Waals surface area contributed by atoms with Crippen LogP contribution in [0.1, 0.15) is 23.2 Å². The number of carbonyl (C=O) groups excluding carboxylic acids is 1. The highest BCUT2D eigenvalue weighted by molar-refractivity contribution is 5.94. The second-order valence-electron chi connectivity index (χ2n) is 7.04. The number of hydrogen-bond donors (Lipinski definition) is 2. The molecule has 2 aliphatic heterocycles. The smallest absolute Gasteiger partial charge is 0.252 e. The normalized spacial score (nSPS) is 19.0. The summed E-state index contributed by atoms with van der Waals surface area (Å²) in [5.74, 6) is 2.34. The summed E-state index contributed by atoms with van der Waals surface area (Å²) in [6.45, 7) is 4.94. The van der Waals surface area contributed by atoms with E-state index >= 15 is 0 Å². The van der Waals surface area contributed by atoms with Crippen molar-refractivity contribution in [2.75, 3.05) is 44.2 Å². The van der Waals surface area contributed by atoms with E-state index in [9.17, 15) is 4.79 Å². The zero-order valence-electron chi connectivity index (χ0n) is 15.9. The summed E-state index contributed by atoms with van der Waals surface area (Å²) in [6.07, 6.45) is 3.38. The fraction of sp³-hybridized carbons (Fsp3) is 0.429. The summed E-state index contributed by atoms with van der Waals surface area (Å²) in [5, 5.41) is 6.32. The summed E-state index contributed by atoms with van der Waals surface area (Å²) < 4.78 is 11.6. The van der Waals surface area contributed by atoms with E-state index in [1.54, 1.807) is 6.20 Å². The summed E-state index contributed by atoms with van der Waals surface area (Å²) >= 11 is 0. The topological polar surface area (TPSA) is 75.7 Å². The van der Waals surface area contributed by atoms with Crippen LogP contribution in [0.3, 0.4) is 0 Å². The van der Waals surface area contributed by atoms with Crippen LogP contribution in [-0.2, 0) is 0 Å². The van der Waals surface area contributed by atoms with E-state index in [0.717, 1.165) is 49.9 Å². The predicted molar refractivity (Wildman–Crippen MR) is 107 cm³/mol. The van der Waals surface area contributed by atoms with Gasteiger partial charge in [-0.05, 0) is 37.2 Å². The van der Waals surface area contributed by atoms with Gasteiger partial charge < -0.3 is 25.0 Å². The lowest BCUT2D eigenvalue weighted by atomic mass is 10.2. The van der Waals surface area contributed by atoms with E-state index in [2.05, 4.69) is 20.5 Å². The molecule has 0 unspecified atom stereocenters. The van der Waals surface area contributed by atoms with Crippen molar-refractivity contribution in [3.05, 3.63) is 48.2 Å². The molecule has 1 amide bonds. The Morgan fingerprint density at radius 1 is 1.18 bits per heavy atom. The molecule has 0 spiro atoms. The van der Waals surface area contributed by atoms with Crippen LogP contribution in [0.5, 0.6) is 11.5 Å². The fourth-order valence-corrected chi connectivity index (χ4v) is 3.44. The molecule has 0 bridgehead atoms. The van der Waals surface area contributed by atoms with Gasteiger partial charge in [-0.2, -0.15) is 0 Å². The van der Waals surface area contributed by atoms with Crippen LogP contribution in [0.15, 0.2) is 42.6 Å². The molecule has 0 aliphatic carbocycles. The highest BCUT2D eigenvalue weighted by Gasteiger charge is 2.20. The van der Waals surface area contributed by atoms with Gasteiger partial charge in [0.25, 0.3) is 5.91 Å². The Morgan fingerprint density at radius 3 is 2.93 bits per heavy atom. The van der Waals surface area contributed by atoms with E-state index in [1.807, 2.05) is 36.4 Å². The molecule has 28 heavy (non-hydrogen) atoms. The summed E-state index contributed by atoms with van der Waals surface area (Å²) in [7, 11) is 0. The van der Waals surface area contributed by atoms with Gasteiger partial charge in [-0.15, -0.1) is 0 Å². The minimum absolute atomic E-state index is 0.0626. The molecule has 1 saturated heterocycles. The van der Waals surface area contributed by atoms with Gasteiger partial charge in [-0.25, -0.2) is 4.98 Å². The Labute approximate surface area is 165 Å². The molecule has 1 aromatic carbocycles. The minimum atomic E-state index is -0.117. The number of pyridine rings is 1. The summed E-state index contributed by atoms with van der Waals surface area (Å²) in [5.41, 5.74) is 0.572. The van der Waals surface area contributed by atoms with Gasteiger partial charge in [-0.3, -0.25) is 4.79 Å². The van der Waals surface area contributed by atoms with E-state index in [4.69, 9.17) is 9.47 Å².